The first kappa shape index (κ1) is 21.6. The highest BCUT2D eigenvalue weighted by Gasteiger charge is 2.47. The van der Waals surface area contributed by atoms with Crippen LogP contribution in [0.4, 0.5) is 0 Å². The van der Waals surface area contributed by atoms with Gasteiger partial charge in [-0.25, -0.2) is 0 Å². The molecule has 1 spiro atoms. The highest BCUT2D eigenvalue weighted by molar-refractivity contribution is 6.05. The molecule has 0 saturated carbocycles. The van der Waals surface area contributed by atoms with Gasteiger partial charge in [-0.05, 0) is 50.0 Å². The highest BCUT2D eigenvalue weighted by Crippen LogP contribution is 2.49. The molecular formula is C27H27N5O4. The van der Waals surface area contributed by atoms with E-state index < -0.39 is 6.04 Å². The van der Waals surface area contributed by atoms with E-state index in [0.29, 0.717) is 25.1 Å². The minimum atomic E-state index is -0.614. The lowest BCUT2D eigenvalue weighted by Crippen LogP contribution is -2.52. The van der Waals surface area contributed by atoms with E-state index in [0.717, 1.165) is 49.3 Å². The predicted octanol–water partition coefficient (Wildman–Crippen LogP) is 2.25. The Kier molecular flexibility index (Phi) is 4.73. The summed E-state index contributed by atoms with van der Waals surface area (Å²) in [6.07, 6.45) is 4.49. The lowest BCUT2D eigenvalue weighted by Gasteiger charge is -2.38. The molecule has 7 rings (SSSR count). The minimum absolute atomic E-state index is 0.0480. The number of ether oxygens (including phenoxy) is 1. The number of nitrogens with one attached hydrogen (secondary N) is 2. The maximum absolute atomic E-state index is 13.2. The molecule has 2 N–H and O–H groups in total. The van der Waals surface area contributed by atoms with Crippen molar-refractivity contribution in [2.75, 3.05) is 19.7 Å². The van der Waals surface area contributed by atoms with Crippen LogP contribution in [0.25, 0.3) is 10.9 Å². The van der Waals surface area contributed by atoms with Gasteiger partial charge in [0.25, 0.3) is 5.91 Å². The first-order valence-electron chi connectivity index (χ1n) is 12.6. The van der Waals surface area contributed by atoms with Crippen molar-refractivity contribution in [3.63, 3.8) is 0 Å². The molecule has 5 heterocycles. The molecule has 36 heavy (non-hydrogen) atoms. The minimum Gasteiger partial charge on any atom is -0.492 e. The van der Waals surface area contributed by atoms with Crippen LogP contribution >= 0.6 is 0 Å². The van der Waals surface area contributed by atoms with Crippen LogP contribution in [0.3, 0.4) is 0 Å². The van der Waals surface area contributed by atoms with Crippen molar-refractivity contribution in [1.29, 1.82) is 0 Å². The van der Waals surface area contributed by atoms with Crippen molar-refractivity contribution in [2.45, 2.75) is 50.2 Å². The summed E-state index contributed by atoms with van der Waals surface area (Å²) in [5.74, 6) is 0.00152. The van der Waals surface area contributed by atoms with E-state index in [9.17, 15) is 14.4 Å². The molecule has 0 aliphatic carbocycles. The molecule has 2 fully saturated rings. The number of hydrogen-bond donors (Lipinski definition) is 2. The molecule has 4 aliphatic heterocycles. The number of benzene rings is 2. The summed E-state index contributed by atoms with van der Waals surface area (Å²) >= 11 is 0. The fourth-order valence-electron chi connectivity index (χ4n) is 6.44. The fourth-order valence-corrected chi connectivity index (χ4v) is 6.44. The second kappa shape index (κ2) is 7.89. The van der Waals surface area contributed by atoms with Gasteiger partial charge < -0.3 is 9.64 Å². The van der Waals surface area contributed by atoms with Gasteiger partial charge in [0.1, 0.15) is 11.8 Å². The maximum atomic E-state index is 13.2. The van der Waals surface area contributed by atoms with Gasteiger partial charge in [-0.1, -0.05) is 18.2 Å². The molecule has 2 aromatic carbocycles. The second-order valence-electron chi connectivity index (χ2n) is 10.5. The Morgan fingerprint density at radius 2 is 1.97 bits per heavy atom. The van der Waals surface area contributed by atoms with Crippen molar-refractivity contribution in [3.05, 3.63) is 58.8 Å². The number of rotatable bonds is 3. The zero-order valence-corrected chi connectivity index (χ0v) is 19.9. The lowest BCUT2D eigenvalue weighted by molar-refractivity contribution is -0.136. The van der Waals surface area contributed by atoms with E-state index in [1.165, 1.54) is 16.5 Å². The van der Waals surface area contributed by atoms with E-state index in [-0.39, 0.29) is 29.6 Å². The van der Waals surface area contributed by atoms with Gasteiger partial charge in [0.05, 0.1) is 24.9 Å². The van der Waals surface area contributed by atoms with Crippen LogP contribution in [-0.4, -0.2) is 63.5 Å². The van der Waals surface area contributed by atoms with E-state index in [2.05, 4.69) is 38.6 Å². The number of aromatic amines is 1. The molecule has 0 bridgehead atoms. The van der Waals surface area contributed by atoms with Crippen molar-refractivity contribution in [2.24, 2.45) is 0 Å². The molecule has 1 unspecified atom stereocenters. The molecule has 3 aromatic rings. The summed E-state index contributed by atoms with van der Waals surface area (Å²) in [4.78, 5) is 41.2. The van der Waals surface area contributed by atoms with Crippen molar-refractivity contribution < 1.29 is 19.1 Å². The van der Waals surface area contributed by atoms with Crippen LogP contribution in [0.1, 0.15) is 52.7 Å². The number of H-pyrrole nitrogens is 1. The Labute approximate surface area is 207 Å². The maximum Gasteiger partial charge on any atom is 0.255 e. The largest absolute Gasteiger partial charge is 0.492 e. The molecule has 184 valence electrons. The molecule has 2 saturated heterocycles. The number of amides is 3. The van der Waals surface area contributed by atoms with E-state index >= 15 is 0 Å². The Balaban J connectivity index is 1.10. The molecule has 3 amide bonds. The molecule has 0 radical (unpaired) electrons. The summed E-state index contributed by atoms with van der Waals surface area (Å²) in [5, 5.41) is 10.8. The van der Waals surface area contributed by atoms with Gasteiger partial charge >= 0.3 is 0 Å². The van der Waals surface area contributed by atoms with Gasteiger partial charge in [-0.15, -0.1) is 0 Å². The molecule has 9 nitrogen and oxygen atoms in total. The third-order valence-corrected chi connectivity index (χ3v) is 8.51. The van der Waals surface area contributed by atoms with E-state index in [4.69, 9.17) is 4.74 Å². The number of piperidine rings is 2. The average Bonchev–Trinajstić information content (AvgIpc) is 3.58. The second-order valence-corrected chi connectivity index (χ2v) is 10.5. The molecule has 1 atom stereocenters. The molecule has 1 aromatic heterocycles. The molecule has 9 heteroatoms. The number of hydrogen-bond acceptors (Lipinski definition) is 6. The van der Waals surface area contributed by atoms with Crippen LogP contribution < -0.4 is 10.1 Å². The van der Waals surface area contributed by atoms with Crippen molar-refractivity contribution in [1.82, 2.24) is 25.3 Å². The summed E-state index contributed by atoms with van der Waals surface area (Å²) in [7, 11) is 0. The van der Waals surface area contributed by atoms with Gasteiger partial charge in [-0.3, -0.25) is 29.7 Å². The Hall–Kier alpha value is -3.72. The van der Waals surface area contributed by atoms with Crippen LogP contribution in [0, 0.1) is 0 Å². The number of nitrogens with zero attached hydrogens (tertiary/aromatic N) is 3. The Bertz CT molecular complexity index is 1420. The normalized spacial score (nSPS) is 23.2. The standard InChI is InChI=1S/C27H27N5O4/c33-23-7-6-22(25(34)29-23)32-14-19-17(26(32)35)4-5-20-24(19)36-15-27(20)8-10-31(11-9-27)13-16-2-1-3-21-18(16)12-28-30-21/h1-5,12,22H,6-11,13-15H2,(H,28,30)(H,29,33,34). The first-order valence-corrected chi connectivity index (χ1v) is 12.6. The number of carbonyl (C=O) groups is 3. The Morgan fingerprint density at radius 3 is 2.81 bits per heavy atom. The number of carbonyl (C=O) groups excluding carboxylic acids is 3. The van der Waals surface area contributed by atoms with Crippen LogP contribution in [0.2, 0.25) is 0 Å². The average molecular weight is 486 g/mol. The van der Waals surface area contributed by atoms with Gasteiger partial charge in [0.15, 0.2) is 0 Å². The third-order valence-electron chi connectivity index (χ3n) is 8.51. The lowest BCUT2D eigenvalue weighted by atomic mass is 9.74. The monoisotopic (exact) mass is 485 g/mol. The molecular weight excluding hydrogens is 458 g/mol. The third kappa shape index (κ3) is 3.19. The highest BCUT2D eigenvalue weighted by atomic mass is 16.5. The smallest absolute Gasteiger partial charge is 0.255 e. The number of fused-ring (bicyclic) bond motifs is 5. The molecule has 4 aliphatic rings. The van der Waals surface area contributed by atoms with Crippen molar-refractivity contribution in [3.8, 4) is 5.75 Å². The topological polar surface area (TPSA) is 108 Å². The van der Waals surface area contributed by atoms with E-state index in [1.807, 2.05) is 18.3 Å². The van der Waals surface area contributed by atoms with Gasteiger partial charge in [0, 0.05) is 40.5 Å². The van der Waals surface area contributed by atoms with Crippen LogP contribution in [-0.2, 0) is 28.1 Å². The van der Waals surface area contributed by atoms with Crippen LogP contribution in [0.5, 0.6) is 5.75 Å². The van der Waals surface area contributed by atoms with E-state index in [1.54, 1.807) is 4.90 Å². The zero-order chi connectivity index (χ0) is 24.4. The summed E-state index contributed by atoms with van der Waals surface area (Å²) in [5.41, 5.74) is 4.98. The number of aromatic nitrogens is 2. The van der Waals surface area contributed by atoms with Crippen LogP contribution in [0.15, 0.2) is 36.5 Å². The fraction of sp³-hybridized carbons (Fsp3) is 0.407. The summed E-state index contributed by atoms with van der Waals surface area (Å²) in [6, 6.07) is 9.65. The van der Waals surface area contributed by atoms with Gasteiger partial charge in [-0.2, -0.15) is 5.10 Å². The van der Waals surface area contributed by atoms with Gasteiger partial charge in [0.2, 0.25) is 11.8 Å². The Morgan fingerprint density at radius 1 is 1.11 bits per heavy atom. The summed E-state index contributed by atoms with van der Waals surface area (Å²) < 4.78 is 6.30. The number of likely N-dealkylation sites (tertiary alicyclic amines) is 1. The predicted molar refractivity (Wildman–Crippen MR) is 130 cm³/mol. The van der Waals surface area contributed by atoms with Crippen molar-refractivity contribution >= 4 is 28.6 Å². The zero-order valence-electron chi connectivity index (χ0n) is 19.9. The number of imide groups is 1. The SMILES string of the molecule is O=C1CCC(N2Cc3c(ccc4c3OCC43CCN(Cc4cccc5[nH]ncc45)CC3)C2=O)C(=O)N1. The summed E-state index contributed by atoms with van der Waals surface area (Å²) in [6.45, 7) is 3.79. The first-order chi connectivity index (χ1) is 17.5. The quantitative estimate of drug-likeness (QED) is 0.551.